The number of halogens is 4. The molecule has 2 rings (SSSR count). The van der Waals surface area contributed by atoms with Gasteiger partial charge >= 0.3 is 0 Å². The lowest BCUT2D eigenvalue weighted by Crippen LogP contribution is -2.04. The van der Waals surface area contributed by atoms with Crippen LogP contribution in [0.25, 0.3) is 0 Å². The Hall–Kier alpha value is -0.590. The molecule has 2 nitrogen and oxygen atoms in total. The van der Waals surface area contributed by atoms with Gasteiger partial charge in [-0.25, -0.2) is 4.39 Å². The molecule has 0 spiro atoms. The first-order valence-electron chi connectivity index (χ1n) is 5.72. The lowest BCUT2D eigenvalue weighted by molar-refractivity contribution is 0.407. The van der Waals surface area contributed by atoms with Gasteiger partial charge in [-0.3, -0.25) is 0 Å². The molecule has 0 aliphatic rings. The first kappa shape index (κ1) is 15.8. The zero-order valence-electron chi connectivity index (χ0n) is 10.5. The van der Waals surface area contributed by atoms with E-state index in [0.29, 0.717) is 16.7 Å². The minimum absolute atomic E-state index is 0.299. The normalized spacial score (nSPS) is 10.4. The number of ether oxygens (including phenoxy) is 1. The summed E-state index contributed by atoms with van der Waals surface area (Å²) in [7, 11) is 1.61. The molecule has 2 aromatic rings. The second kappa shape index (κ2) is 6.91. The van der Waals surface area contributed by atoms with Crippen molar-refractivity contribution < 1.29 is 9.13 Å². The van der Waals surface area contributed by atoms with Crippen LogP contribution in [0.2, 0.25) is 0 Å². The Morgan fingerprint density at radius 3 is 2.50 bits per heavy atom. The largest absolute Gasteiger partial charge is 0.495 e. The first-order chi connectivity index (χ1) is 9.51. The van der Waals surface area contributed by atoms with Crippen LogP contribution in [0.3, 0.4) is 0 Å². The molecule has 0 heterocycles. The van der Waals surface area contributed by atoms with Crippen molar-refractivity contribution in [1.82, 2.24) is 0 Å². The average molecular weight is 468 g/mol. The molecule has 2 aromatic carbocycles. The van der Waals surface area contributed by atoms with Gasteiger partial charge in [0.25, 0.3) is 0 Å². The minimum Gasteiger partial charge on any atom is -0.495 e. The molecular formula is C14H11Br3FNO. The number of nitrogens with one attached hydrogen (secondary N) is 1. The Labute approximate surface area is 142 Å². The van der Waals surface area contributed by atoms with Gasteiger partial charge in [0.15, 0.2) is 0 Å². The Morgan fingerprint density at radius 2 is 1.85 bits per heavy atom. The van der Waals surface area contributed by atoms with E-state index in [9.17, 15) is 4.39 Å². The van der Waals surface area contributed by atoms with Crippen molar-refractivity contribution in [1.29, 1.82) is 0 Å². The molecule has 0 saturated heterocycles. The maximum Gasteiger partial charge on any atom is 0.147 e. The van der Waals surface area contributed by atoms with E-state index < -0.39 is 0 Å². The third-order valence-electron chi connectivity index (χ3n) is 2.69. The summed E-state index contributed by atoms with van der Waals surface area (Å²) >= 11 is 10.1. The van der Waals surface area contributed by atoms with Gasteiger partial charge in [-0.15, -0.1) is 0 Å². The molecule has 6 heteroatoms. The Morgan fingerprint density at radius 1 is 1.10 bits per heavy atom. The molecule has 0 atom stereocenters. The van der Waals surface area contributed by atoms with Gasteiger partial charge in [0.2, 0.25) is 0 Å². The van der Waals surface area contributed by atoms with Gasteiger partial charge in [-0.05, 0) is 46.3 Å². The van der Waals surface area contributed by atoms with Crippen LogP contribution in [0.5, 0.6) is 5.75 Å². The molecule has 0 amide bonds. The van der Waals surface area contributed by atoms with Crippen molar-refractivity contribution in [3.63, 3.8) is 0 Å². The van der Waals surface area contributed by atoms with Crippen LogP contribution in [-0.4, -0.2) is 7.11 Å². The Bertz CT molecular complexity index is 634. The van der Waals surface area contributed by atoms with Crippen LogP contribution < -0.4 is 10.1 Å². The van der Waals surface area contributed by atoms with Gasteiger partial charge in [0.1, 0.15) is 11.6 Å². The van der Waals surface area contributed by atoms with E-state index in [-0.39, 0.29) is 5.82 Å². The molecule has 0 unspecified atom stereocenters. The summed E-state index contributed by atoms with van der Waals surface area (Å²) in [6.45, 7) is 0.458. The Balaban J connectivity index is 2.22. The lowest BCUT2D eigenvalue weighted by Gasteiger charge is -2.13. The second-order valence-electron chi connectivity index (χ2n) is 4.06. The van der Waals surface area contributed by atoms with Crippen molar-refractivity contribution in [2.45, 2.75) is 6.54 Å². The maximum absolute atomic E-state index is 13.8. The van der Waals surface area contributed by atoms with Crippen LogP contribution in [0, 0.1) is 5.82 Å². The zero-order chi connectivity index (χ0) is 14.7. The molecule has 20 heavy (non-hydrogen) atoms. The van der Waals surface area contributed by atoms with Gasteiger partial charge < -0.3 is 10.1 Å². The summed E-state index contributed by atoms with van der Waals surface area (Å²) in [5.74, 6) is 0.436. The van der Waals surface area contributed by atoms with E-state index in [1.807, 2.05) is 12.1 Å². The van der Waals surface area contributed by atoms with Gasteiger partial charge in [-0.1, -0.05) is 31.9 Å². The minimum atomic E-state index is -0.299. The first-order valence-corrected chi connectivity index (χ1v) is 8.10. The highest BCUT2D eigenvalue weighted by molar-refractivity contribution is 9.11. The smallest absolute Gasteiger partial charge is 0.147 e. The van der Waals surface area contributed by atoms with Crippen molar-refractivity contribution in [2.75, 3.05) is 12.4 Å². The molecule has 0 fully saturated rings. The van der Waals surface area contributed by atoms with Crippen molar-refractivity contribution in [3.05, 3.63) is 55.1 Å². The predicted molar refractivity (Wildman–Crippen MR) is 89.8 cm³/mol. The van der Waals surface area contributed by atoms with E-state index in [4.69, 9.17) is 4.74 Å². The number of rotatable bonds is 4. The SMILES string of the molecule is COc1c(Br)cc(Br)cc1CNc1ccc(Br)cc1F. The molecular weight excluding hydrogens is 457 g/mol. The van der Waals surface area contributed by atoms with Crippen LogP contribution in [-0.2, 0) is 6.54 Å². The van der Waals surface area contributed by atoms with Crippen LogP contribution in [0.15, 0.2) is 43.7 Å². The summed E-state index contributed by atoms with van der Waals surface area (Å²) in [6.07, 6.45) is 0. The van der Waals surface area contributed by atoms with Crippen molar-refractivity contribution in [3.8, 4) is 5.75 Å². The summed E-state index contributed by atoms with van der Waals surface area (Å²) in [5, 5.41) is 3.07. The third kappa shape index (κ3) is 3.74. The molecule has 0 aromatic heterocycles. The number of methoxy groups -OCH3 is 1. The standard InChI is InChI=1S/C14H11Br3FNO/c1-20-14-8(4-10(16)5-11(14)17)7-19-13-3-2-9(15)6-12(13)18/h2-6,19H,7H2,1H3. The maximum atomic E-state index is 13.8. The summed E-state index contributed by atoms with van der Waals surface area (Å²) in [4.78, 5) is 0. The molecule has 0 radical (unpaired) electrons. The number of hydrogen-bond donors (Lipinski definition) is 1. The second-order valence-corrected chi connectivity index (χ2v) is 6.74. The quantitative estimate of drug-likeness (QED) is 0.619. The number of benzene rings is 2. The highest BCUT2D eigenvalue weighted by Crippen LogP contribution is 2.33. The highest BCUT2D eigenvalue weighted by Gasteiger charge is 2.10. The van der Waals surface area contributed by atoms with Crippen molar-refractivity contribution >= 4 is 53.5 Å². The van der Waals surface area contributed by atoms with Gasteiger partial charge in [0.05, 0.1) is 17.3 Å². The van der Waals surface area contributed by atoms with E-state index in [1.54, 1.807) is 19.2 Å². The topological polar surface area (TPSA) is 21.3 Å². The lowest BCUT2D eigenvalue weighted by atomic mass is 10.2. The number of anilines is 1. The van der Waals surface area contributed by atoms with E-state index >= 15 is 0 Å². The fourth-order valence-corrected chi connectivity index (χ4v) is 3.61. The molecule has 0 saturated carbocycles. The molecule has 0 aliphatic carbocycles. The fourth-order valence-electron chi connectivity index (χ4n) is 1.80. The monoisotopic (exact) mass is 465 g/mol. The van der Waals surface area contributed by atoms with E-state index in [1.165, 1.54) is 6.07 Å². The van der Waals surface area contributed by atoms with Gasteiger partial charge in [0, 0.05) is 21.1 Å². The molecule has 0 bridgehead atoms. The van der Waals surface area contributed by atoms with Gasteiger partial charge in [-0.2, -0.15) is 0 Å². The molecule has 0 aliphatic heterocycles. The highest BCUT2D eigenvalue weighted by atomic mass is 79.9. The summed E-state index contributed by atoms with van der Waals surface area (Å²) < 4.78 is 21.6. The average Bonchev–Trinajstić information content (AvgIpc) is 2.37. The van der Waals surface area contributed by atoms with Crippen molar-refractivity contribution in [2.24, 2.45) is 0 Å². The fraction of sp³-hybridized carbons (Fsp3) is 0.143. The van der Waals surface area contributed by atoms with Crippen LogP contribution in [0.1, 0.15) is 5.56 Å². The van der Waals surface area contributed by atoms with E-state index in [2.05, 4.69) is 53.1 Å². The van der Waals surface area contributed by atoms with E-state index in [0.717, 1.165) is 20.3 Å². The molecule has 1 N–H and O–H groups in total. The number of hydrogen-bond acceptors (Lipinski definition) is 2. The Kier molecular flexibility index (Phi) is 5.46. The van der Waals surface area contributed by atoms with Crippen LogP contribution >= 0.6 is 47.8 Å². The zero-order valence-corrected chi connectivity index (χ0v) is 15.3. The third-order valence-corrected chi connectivity index (χ3v) is 4.23. The summed E-state index contributed by atoms with van der Waals surface area (Å²) in [6, 6.07) is 8.75. The van der Waals surface area contributed by atoms with Crippen LogP contribution in [0.4, 0.5) is 10.1 Å². The summed E-state index contributed by atoms with van der Waals surface area (Å²) in [5.41, 5.74) is 1.38. The predicted octanol–water partition coefficient (Wildman–Crippen LogP) is 5.73. The molecule has 106 valence electrons.